The predicted molar refractivity (Wildman–Crippen MR) is 112 cm³/mol. The summed E-state index contributed by atoms with van der Waals surface area (Å²) in [5.41, 5.74) is 0.320. The van der Waals surface area contributed by atoms with Gasteiger partial charge in [-0.2, -0.15) is 0 Å². The minimum Gasteiger partial charge on any atom is -0.490 e. The molecule has 0 aliphatic heterocycles. The zero-order valence-electron chi connectivity index (χ0n) is 17.4. The van der Waals surface area contributed by atoms with Crippen molar-refractivity contribution >= 4 is 22.8 Å². The standard InChI is InChI=1S/C23H30N2O4/c1-23(2,3)20(22(27)28)25-21(26)17-12-11-16-10-7-13-24-18(16)19(17)29-14-15-8-5-4-6-9-15/h7,10-13,15,20H,4-6,8-9,14H2,1-3H3,(H,25,26)(H,27,28)/t20-/m1/s1. The van der Waals surface area contributed by atoms with Crippen LogP contribution in [0.3, 0.4) is 0 Å². The van der Waals surface area contributed by atoms with Gasteiger partial charge in [0.1, 0.15) is 11.6 Å². The van der Waals surface area contributed by atoms with Crippen LogP contribution in [-0.2, 0) is 4.79 Å². The molecule has 1 aliphatic rings. The third-order valence-corrected chi connectivity index (χ3v) is 5.55. The first-order valence-corrected chi connectivity index (χ1v) is 10.3. The zero-order chi connectivity index (χ0) is 21.0. The van der Waals surface area contributed by atoms with Crippen molar-refractivity contribution in [1.82, 2.24) is 10.3 Å². The molecule has 0 saturated heterocycles. The summed E-state index contributed by atoms with van der Waals surface area (Å²) in [6, 6.07) is 6.26. The third kappa shape index (κ3) is 5.05. The van der Waals surface area contributed by atoms with Crippen molar-refractivity contribution in [3.8, 4) is 5.75 Å². The number of pyridine rings is 1. The van der Waals surface area contributed by atoms with Crippen LogP contribution in [0.15, 0.2) is 30.5 Å². The smallest absolute Gasteiger partial charge is 0.326 e. The first-order valence-electron chi connectivity index (χ1n) is 10.3. The number of ether oxygens (including phenoxy) is 1. The Bertz CT molecular complexity index is 882. The monoisotopic (exact) mass is 398 g/mol. The molecule has 2 N–H and O–H groups in total. The molecule has 1 aromatic heterocycles. The number of amides is 1. The number of nitrogens with one attached hydrogen (secondary N) is 1. The summed E-state index contributed by atoms with van der Waals surface area (Å²) in [7, 11) is 0. The van der Waals surface area contributed by atoms with Crippen LogP contribution in [0.25, 0.3) is 10.9 Å². The quantitative estimate of drug-likeness (QED) is 0.752. The molecule has 156 valence electrons. The van der Waals surface area contributed by atoms with Gasteiger partial charge in [0.25, 0.3) is 5.91 Å². The van der Waals surface area contributed by atoms with Crippen LogP contribution in [0.1, 0.15) is 63.2 Å². The average Bonchev–Trinajstić information content (AvgIpc) is 2.69. The lowest BCUT2D eigenvalue weighted by Crippen LogP contribution is -2.49. The minimum atomic E-state index is -1.06. The molecule has 6 heteroatoms. The van der Waals surface area contributed by atoms with Gasteiger partial charge in [0, 0.05) is 11.6 Å². The Hall–Kier alpha value is -2.63. The van der Waals surface area contributed by atoms with Crippen LogP contribution in [-0.4, -0.2) is 34.6 Å². The van der Waals surface area contributed by atoms with Crippen molar-refractivity contribution in [2.45, 2.75) is 58.9 Å². The summed E-state index contributed by atoms with van der Waals surface area (Å²) in [5, 5.41) is 13.1. The number of carbonyl (C=O) groups is 2. The molecule has 0 radical (unpaired) electrons. The van der Waals surface area contributed by atoms with Gasteiger partial charge in [0.2, 0.25) is 0 Å². The highest BCUT2D eigenvalue weighted by Gasteiger charge is 2.33. The van der Waals surface area contributed by atoms with Gasteiger partial charge in [-0.15, -0.1) is 0 Å². The lowest BCUT2D eigenvalue weighted by atomic mass is 9.86. The minimum absolute atomic E-state index is 0.322. The number of benzene rings is 1. The maximum atomic E-state index is 13.0. The summed E-state index contributed by atoms with van der Waals surface area (Å²) in [4.78, 5) is 29.2. The van der Waals surface area contributed by atoms with E-state index in [9.17, 15) is 14.7 Å². The van der Waals surface area contributed by atoms with Gasteiger partial charge in [-0.05, 0) is 36.3 Å². The Morgan fingerprint density at radius 1 is 1.21 bits per heavy atom. The fraction of sp³-hybridized carbons (Fsp3) is 0.522. The molecule has 1 aromatic carbocycles. The molecule has 3 rings (SSSR count). The van der Waals surface area contributed by atoms with E-state index in [-0.39, 0.29) is 0 Å². The summed E-state index contributed by atoms with van der Waals surface area (Å²) < 4.78 is 6.17. The number of rotatable bonds is 6. The molecule has 0 unspecified atom stereocenters. The Labute approximate surface area is 171 Å². The van der Waals surface area contributed by atoms with Gasteiger partial charge in [0.05, 0.1) is 12.2 Å². The average molecular weight is 399 g/mol. The summed E-state index contributed by atoms with van der Waals surface area (Å²) in [6.07, 6.45) is 7.62. The Morgan fingerprint density at radius 3 is 2.59 bits per heavy atom. The summed E-state index contributed by atoms with van der Waals surface area (Å²) in [5.74, 6) is -0.614. The Kier molecular flexibility index (Phi) is 6.40. The summed E-state index contributed by atoms with van der Waals surface area (Å²) >= 11 is 0. The lowest BCUT2D eigenvalue weighted by molar-refractivity contribution is -0.142. The van der Waals surface area contributed by atoms with Gasteiger partial charge >= 0.3 is 5.97 Å². The molecule has 0 bridgehead atoms. The number of fused-ring (bicyclic) bond motifs is 1. The van der Waals surface area contributed by atoms with Gasteiger partial charge in [0.15, 0.2) is 5.75 Å². The van der Waals surface area contributed by atoms with Crippen LogP contribution in [0.5, 0.6) is 5.75 Å². The van der Waals surface area contributed by atoms with Crippen molar-refractivity contribution in [3.05, 3.63) is 36.0 Å². The molecule has 1 amide bonds. The predicted octanol–water partition coefficient (Wildman–Crippen LogP) is 4.42. The number of carboxylic acid groups (broad SMARTS) is 1. The zero-order valence-corrected chi connectivity index (χ0v) is 17.4. The SMILES string of the molecule is CC(C)(C)[C@H](NC(=O)c1ccc2cccnc2c1OCC1CCCCC1)C(=O)O. The van der Waals surface area contributed by atoms with Crippen molar-refractivity contribution in [2.75, 3.05) is 6.61 Å². The van der Waals surface area contributed by atoms with Crippen LogP contribution in [0, 0.1) is 11.3 Å². The van der Waals surface area contributed by atoms with E-state index in [1.807, 2.05) is 18.2 Å². The second-order valence-electron chi connectivity index (χ2n) is 8.94. The fourth-order valence-electron chi connectivity index (χ4n) is 3.86. The van der Waals surface area contributed by atoms with E-state index in [1.165, 1.54) is 19.3 Å². The molecular formula is C23H30N2O4. The normalized spacial score (nSPS) is 16.4. The Balaban J connectivity index is 1.91. The molecule has 1 saturated carbocycles. The number of aliphatic carboxylic acids is 1. The Morgan fingerprint density at radius 2 is 1.93 bits per heavy atom. The van der Waals surface area contributed by atoms with Gasteiger partial charge in [-0.3, -0.25) is 9.78 Å². The van der Waals surface area contributed by atoms with E-state index >= 15 is 0 Å². The van der Waals surface area contributed by atoms with Crippen molar-refractivity contribution < 1.29 is 19.4 Å². The molecule has 1 heterocycles. The van der Waals surface area contributed by atoms with Gasteiger partial charge < -0.3 is 15.2 Å². The summed E-state index contributed by atoms with van der Waals surface area (Å²) in [6.45, 7) is 5.90. The topological polar surface area (TPSA) is 88.5 Å². The maximum absolute atomic E-state index is 13.0. The van der Waals surface area contributed by atoms with Crippen LogP contribution < -0.4 is 10.1 Å². The third-order valence-electron chi connectivity index (χ3n) is 5.55. The van der Waals surface area contributed by atoms with E-state index < -0.39 is 23.3 Å². The van der Waals surface area contributed by atoms with Crippen LogP contribution in [0.4, 0.5) is 0 Å². The number of hydrogen-bond donors (Lipinski definition) is 2. The van der Waals surface area contributed by atoms with Crippen molar-refractivity contribution in [2.24, 2.45) is 11.3 Å². The lowest BCUT2D eigenvalue weighted by Gasteiger charge is -2.28. The van der Waals surface area contributed by atoms with Crippen LogP contribution in [0.2, 0.25) is 0 Å². The van der Waals surface area contributed by atoms with E-state index in [0.717, 1.165) is 18.2 Å². The number of hydrogen-bond acceptors (Lipinski definition) is 4. The molecule has 1 fully saturated rings. The second-order valence-corrected chi connectivity index (χ2v) is 8.94. The van der Waals surface area contributed by atoms with Crippen molar-refractivity contribution in [3.63, 3.8) is 0 Å². The highest BCUT2D eigenvalue weighted by atomic mass is 16.5. The first-order chi connectivity index (χ1) is 13.8. The molecule has 0 spiro atoms. The number of aromatic nitrogens is 1. The molecule has 6 nitrogen and oxygen atoms in total. The fourth-order valence-corrected chi connectivity index (χ4v) is 3.86. The van der Waals surface area contributed by atoms with E-state index in [4.69, 9.17) is 4.74 Å². The van der Waals surface area contributed by atoms with E-state index in [1.54, 1.807) is 33.0 Å². The maximum Gasteiger partial charge on any atom is 0.326 e. The highest BCUT2D eigenvalue weighted by molar-refractivity contribution is 6.04. The van der Waals surface area contributed by atoms with Crippen LogP contribution >= 0.6 is 0 Å². The number of carboxylic acids is 1. The molecule has 2 aromatic rings. The van der Waals surface area contributed by atoms with E-state index in [2.05, 4.69) is 10.3 Å². The van der Waals surface area contributed by atoms with Crippen molar-refractivity contribution in [1.29, 1.82) is 0 Å². The largest absolute Gasteiger partial charge is 0.490 e. The number of nitrogens with zero attached hydrogens (tertiary/aromatic N) is 1. The number of carbonyl (C=O) groups excluding carboxylic acids is 1. The molecule has 1 aliphatic carbocycles. The molecule has 1 atom stereocenters. The molecular weight excluding hydrogens is 368 g/mol. The van der Waals surface area contributed by atoms with E-state index in [0.29, 0.717) is 29.4 Å². The van der Waals surface area contributed by atoms with Gasteiger partial charge in [-0.1, -0.05) is 52.2 Å². The highest BCUT2D eigenvalue weighted by Crippen LogP contribution is 2.31. The van der Waals surface area contributed by atoms with Gasteiger partial charge in [-0.25, -0.2) is 4.79 Å². The molecule has 29 heavy (non-hydrogen) atoms. The second kappa shape index (κ2) is 8.80. The first kappa shape index (κ1) is 21.1.